The van der Waals surface area contributed by atoms with Crippen LogP contribution in [-0.4, -0.2) is 31.7 Å². The van der Waals surface area contributed by atoms with Crippen LogP contribution in [0, 0.1) is 13.8 Å². The number of hydrogen-bond acceptors (Lipinski definition) is 4. The van der Waals surface area contributed by atoms with Gasteiger partial charge in [0.15, 0.2) is 0 Å². The molecule has 4 rings (SSSR count). The molecule has 0 radical (unpaired) electrons. The van der Waals surface area contributed by atoms with E-state index in [0.717, 1.165) is 26.9 Å². The van der Waals surface area contributed by atoms with Crippen molar-refractivity contribution in [3.63, 3.8) is 0 Å². The zero-order chi connectivity index (χ0) is 26.6. The second kappa shape index (κ2) is 11.2. The number of amides is 1. The van der Waals surface area contributed by atoms with Gasteiger partial charge in [-0.05, 0) is 62.4 Å². The lowest BCUT2D eigenvalue weighted by molar-refractivity contribution is -0.119. The number of benzene rings is 3. The maximum absolute atomic E-state index is 13.4. The third-order valence-electron chi connectivity index (χ3n) is 5.67. The number of carbonyl (C=O) groups excluding carboxylic acids is 1. The monoisotopic (exact) mass is 554 g/mol. The number of sulfonamides is 1. The Kier molecular flexibility index (Phi) is 8.02. The number of halogens is 2. The summed E-state index contributed by atoms with van der Waals surface area (Å²) in [6.45, 7) is 3.38. The minimum Gasteiger partial charge on any atom is -0.316 e. The van der Waals surface area contributed by atoms with Crippen LogP contribution in [0.3, 0.4) is 0 Å². The highest BCUT2D eigenvalue weighted by atomic mass is 35.5. The number of aryl methyl sites for hydroxylation is 1. The lowest BCUT2D eigenvalue weighted by Crippen LogP contribution is -2.39. The first-order valence-corrected chi connectivity index (χ1v) is 13.5. The molecule has 1 heterocycles. The summed E-state index contributed by atoms with van der Waals surface area (Å²) in [5.41, 5.74) is 6.14. The summed E-state index contributed by atoms with van der Waals surface area (Å²) >= 11 is 12.5. The SMILES string of the molecule is Cc1cc(/C=N\NC(=O)CN(c2cccc(Cl)c2)S(=O)(=O)c2ccccc2)c(C)n1-c1ccccc1Cl. The molecule has 0 spiro atoms. The molecule has 0 bridgehead atoms. The van der Waals surface area contributed by atoms with Crippen LogP contribution in [-0.2, 0) is 14.8 Å². The second-order valence-electron chi connectivity index (χ2n) is 8.21. The number of carbonyl (C=O) groups is 1. The highest BCUT2D eigenvalue weighted by molar-refractivity contribution is 7.92. The van der Waals surface area contributed by atoms with Crippen molar-refractivity contribution in [2.75, 3.05) is 10.8 Å². The molecular formula is C27H24Cl2N4O3S. The number of nitrogens with zero attached hydrogens (tertiary/aromatic N) is 3. The number of rotatable bonds is 8. The molecule has 1 amide bonds. The molecule has 0 aliphatic heterocycles. The van der Waals surface area contributed by atoms with Crippen molar-refractivity contribution in [3.8, 4) is 5.69 Å². The molecule has 4 aromatic rings. The molecule has 1 aromatic heterocycles. The lowest BCUT2D eigenvalue weighted by Gasteiger charge is -2.23. The first kappa shape index (κ1) is 26.5. The Morgan fingerprint density at radius 3 is 2.38 bits per heavy atom. The predicted octanol–water partition coefficient (Wildman–Crippen LogP) is 5.75. The van der Waals surface area contributed by atoms with E-state index in [1.54, 1.807) is 36.4 Å². The standard InChI is InChI=1S/C27H24Cl2N4O3S/c1-19-15-21(20(2)33(19)26-14-7-6-13-25(26)29)17-30-31-27(34)18-32(23-10-8-9-22(28)16-23)37(35,36)24-11-4-3-5-12-24/h3-17H,18H2,1-2H3,(H,31,34)/b30-17-. The number of aromatic nitrogens is 1. The van der Waals surface area contributed by atoms with Crippen molar-refractivity contribution < 1.29 is 13.2 Å². The zero-order valence-electron chi connectivity index (χ0n) is 20.1. The van der Waals surface area contributed by atoms with Crippen LogP contribution < -0.4 is 9.73 Å². The van der Waals surface area contributed by atoms with Crippen LogP contribution in [0.5, 0.6) is 0 Å². The molecule has 1 N–H and O–H groups in total. The van der Waals surface area contributed by atoms with E-state index in [0.29, 0.717) is 10.0 Å². The fourth-order valence-corrected chi connectivity index (χ4v) is 5.77. The molecule has 3 aromatic carbocycles. The van der Waals surface area contributed by atoms with Crippen LogP contribution in [0.15, 0.2) is 94.9 Å². The third-order valence-corrected chi connectivity index (χ3v) is 8.01. The Hall–Kier alpha value is -3.59. The van der Waals surface area contributed by atoms with Gasteiger partial charge in [-0.2, -0.15) is 5.10 Å². The molecule has 37 heavy (non-hydrogen) atoms. The van der Waals surface area contributed by atoms with E-state index >= 15 is 0 Å². The van der Waals surface area contributed by atoms with Crippen LogP contribution in [0.25, 0.3) is 5.69 Å². The van der Waals surface area contributed by atoms with Gasteiger partial charge >= 0.3 is 0 Å². The van der Waals surface area contributed by atoms with E-state index in [4.69, 9.17) is 23.2 Å². The first-order chi connectivity index (χ1) is 17.7. The quantitative estimate of drug-likeness (QED) is 0.222. The van der Waals surface area contributed by atoms with Gasteiger partial charge in [0.05, 0.1) is 27.5 Å². The molecular weight excluding hydrogens is 531 g/mol. The maximum Gasteiger partial charge on any atom is 0.264 e. The van der Waals surface area contributed by atoms with Gasteiger partial charge < -0.3 is 4.57 Å². The van der Waals surface area contributed by atoms with Gasteiger partial charge in [-0.15, -0.1) is 0 Å². The summed E-state index contributed by atoms with van der Waals surface area (Å²) in [7, 11) is -4.04. The van der Waals surface area contributed by atoms with E-state index in [-0.39, 0.29) is 10.6 Å². The minimum absolute atomic E-state index is 0.0540. The van der Waals surface area contributed by atoms with Crippen molar-refractivity contribution in [1.82, 2.24) is 9.99 Å². The lowest BCUT2D eigenvalue weighted by atomic mass is 10.2. The van der Waals surface area contributed by atoms with Crippen molar-refractivity contribution in [3.05, 3.63) is 112 Å². The smallest absolute Gasteiger partial charge is 0.264 e. The fraction of sp³-hybridized carbons (Fsp3) is 0.111. The molecule has 10 heteroatoms. The Morgan fingerprint density at radius 2 is 1.68 bits per heavy atom. The van der Waals surface area contributed by atoms with Gasteiger partial charge in [0.25, 0.3) is 15.9 Å². The fourth-order valence-electron chi connectivity index (χ4n) is 3.93. The first-order valence-electron chi connectivity index (χ1n) is 11.3. The molecule has 190 valence electrons. The average molecular weight is 555 g/mol. The third kappa shape index (κ3) is 5.88. The second-order valence-corrected chi connectivity index (χ2v) is 10.9. The van der Waals surface area contributed by atoms with E-state index in [2.05, 4.69) is 10.5 Å². The van der Waals surface area contributed by atoms with E-state index in [1.165, 1.54) is 24.4 Å². The van der Waals surface area contributed by atoms with Crippen molar-refractivity contribution >= 4 is 51.0 Å². The minimum atomic E-state index is -4.04. The van der Waals surface area contributed by atoms with Crippen LogP contribution >= 0.6 is 23.2 Å². The van der Waals surface area contributed by atoms with Crippen LogP contribution in [0.1, 0.15) is 17.0 Å². The molecule has 0 aliphatic rings. The number of hydrogen-bond donors (Lipinski definition) is 1. The zero-order valence-corrected chi connectivity index (χ0v) is 22.4. The van der Waals surface area contributed by atoms with Gasteiger partial charge in [-0.25, -0.2) is 13.8 Å². The number of anilines is 1. The molecule has 7 nitrogen and oxygen atoms in total. The molecule has 0 aliphatic carbocycles. The highest BCUT2D eigenvalue weighted by Gasteiger charge is 2.27. The molecule has 0 saturated heterocycles. The largest absolute Gasteiger partial charge is 0.316 e. The van der Waals surface area contributed by atoms with Crippen molar-refractivity contribution in [2.24, 2.45) is 5.10 Å². The molecule has 0 fully saturated rings. The Morgan fingerprint density at radius 1 is 0.973 bits per heavy atom. The van der Waals surface area contributed by atoms with Crippen LogP contribution in [0.2, 0.25) is 10.0 Å². The Bertz CT molecular complexity index is 1570. The predicted molar refractivity (Wildman–Crippen MR) is 148 cm³/mol. The van der Waals surface area contributed by atoms with E-state index < -0.39 is 22.5 Å². The van der Waals surface area contributed by atoms with Gasteiger partial charge in [-0.1, -0.05) is 59.6 Å². The summed E-state index contributed by atoms with van der Waals surface area (Å²) in [5, 5.41) is 5.03. The van der Waals surface area contributed by atoms with Crippen molar-refractivity contribution in [2.45, 2.75) is 18.7 Å². The molecule has 0 saturated carbocycles. The van der Waals surface area contributed by atoms with Gasteiger partial charge in [-0.3, -0.25) is 9.10 Å². The van der Waals surface area contributed by atoms with Crippen LogP contribution in [0.4, 0.5) is 5.69 Å². The van der Waals surface area contributed by atoms with Crippen molar-refractivity contribution in [1.29, 1.82) is 0 Å². The van der Waals surface area contributed by atoms with Gasteiger partial charge in [0.1, 0.15) is 6.54 Å². The van der Waals surface area contributed by atoms with Gasteiger partial charge in [0, 0.05) is 22.0 Å². The normalized spacial score (nSPS) is 11.6. The Balaban J connectivity index is 1.55. The number of nitrogens with one attached hydrogen (secondary N) is 1. The molecule has 0 unspecified atom stereocenters. The van der Waals surface area contributed by atoms with E-state index in [1.807, 2.05) is 48.7 Å². The molecule has 0 atom stereocenters. The highest BCUT2D eigenvalue weighted by Crippen LogP contribution is 2.27. The summed E-state index contributed by atoms with van der Waals surface area (Å²) in [6.07, 6.45) is 1.52. The summed E-state index contributed by atoms with van der Waals surface area (Å²) in [5.74, 6) is -0.615. The van der Waals surface area contributed by atoms with Gasteiger partial charge in [0.2, 0.25) is 0 Å². The topological polar surface area (TPSA) is 83.8 Å². The summed E-state index contributed by atoms with van der Waals surface area (Å²) < 4.78 is 29.7. The van der Waals surface area contributed by atoms with E-state index in [9.17, 15) is 13.2 Å². The average Bonchev–Trinajstić information content (AvgIpc) is 3.16. The Labute approximate surface area is 226 Å². The maximum atomic E-state index is 13.4. The summed E-state index contributed by atoms with van der Waals surface area (Å²) in [6, 6.07) is 23.6. The number of hydrazone groups is 1. The summed E-state index contributed by atoms with van der Waals surface area (Å²) in [4.78, 5) is 12.9. The number of para-hydroxylation sites is 1.